The number of carbonyl (C=O) groups is 2. The number of benzene rings is 2. The Kier molecular flexibility index (Phi) is 6.42. The van der Waals surface area contributed by atoms with Gasteiger partial charge in [0.05, 0.1) is 12.0 Å². The maximum absolute atomic E-state index is 12.2. The van der Waals surface area contributed by atoms with Crippen LogP contribution >= 0.6 is 11.6 Å². The van der Waals surface area contributed by atoms with Crippen LogP contribution in [-0.2, 0) is 16.0 Å². The Bertz CT molecular complexity index is 1150. The number of amides is 1. The number of carboxylic acid groups (broad SMARTS) is 1. The van der Waals surface area contributed by atoms with Crippen LogP contribution in [0, 0.1) is 13.8 Å². The summed E-state index contributed by atoms with van der Waals surface area (Å²) >= 11 is 5.82. The number of ether oxygens (including phenoxy) is 1. The van der Waals surface area contributed by atoms with Gasteiger partial charge in [-0.1, -0.05) is 23.7 Å². The van der Waals surface area contributed by atoms with Gasteiger partial charge >= 0.3 is 5.63 Å². The van der Waals surface area contributed by atoms with Crippen molar-refractivity contribution in [3.05, 3.63) is 74.6 Å². The lowest BCUT2D eigenvalue weighted by Crippen LogP contribution is -2.50. The number of nitrogens with one attached hydrogen (secondary N) is 1. The first-order valence-electron chi connectivity index (χ1n) is 9.16. The van der Waals surface area contributed by atoms with Gasteiger partial charge in [-0.15, -0.1) is 0 Å². The van der Waals surface area contributed by atoms with Gasteiger partial charge in [0.25, 0.3) is 5.91 Å². The number of halogens is 1. The zero-order valence-electron chi connectivity index (χ0n) is 16.4. The van der Waals surface area contributed by atoms with E-state index in [2.05, 4.69) is 5.32 Å². The number of carbonyl (C=O) groups excluding carboxylic acids is 2. The minimum atomic E-state index is -1.41. The number of hydrogen-bond donors (Lipinski definition) is 1. The summed E-state index contributed by atoms with van der Waals surface area (Å²) in [6, 6.07) is 10.3. The van der Waals surface area contributed by atoms with Crippen molar-refractivity contribution in [1.29, 1.82) is 0 Å². The molecule has 0 saturated heterocycles. The summed E-state index contributed by atoms with van der Waals surface area (Å²) in [6.07, 6.45) is 0.0466. The molecule has 0 aliphatic carbocycles. The molecule has 1 atom stereocenters. The van der Waals surface area contributed by atoms with Crippen LogP contribution < -0.4 is 20.8 Å². The summed E-state index contributed by atoms with van der Waals surface area (Å²) in [6.45, 7) is 3.10. The summed E-state index contributed by atoms with van der Waals surface area (Å²) in [5.41, 5.74) is 1.93. The van der Waals surface area contributed by atoms with Crippen molar-refractivity contribution in [2.45, 2.75) is 26.3 Å². The van der Waals surface area contributed by atoms with Crippen molar-refractivity contribution in [2.24, 2.45) is 0 Å². The van der Waals surface area contributed by atoms with Gasteiger partial charge in [-0.3, -0.25) is 4.79 Å². The second kappa shape index (κ2) is 9.00. The number of fused-ring (bicyclic) bond motifs is 1. The molecule has 0 unspecified atom stereocenters. The lowest BCUT2D eigenvalue weighted by atomic mass is 10.1. The summed E-state index contributed by atoms with van der Waals surface area (Å²) < 4.78 is 10.7. The Balaban J connectivity index is 1.65. The molecule has 8 heteroatoms. The van der Waals surface area contributed by atoms with E-state index in [4.69, 9.17) is 20.8 Å². The monoisotopic (exact) mass is 428 g/mol. The molecule has 0 spiro atoms. The quantitative estimate of drug-likeness (QED) is 0.576. The van der Waals surface area contributed by atoms with Gasteiger partial charge in [-0.25, -0.2) is 4.79 Å². The third-order valence-electron chi connectivity index (χ3n) is 4.77. The molecule has 30 heavy (non-hydrogen) atoms. The number of aryl methyl sites for hydroxylation is 1. The van der Waals surface area contributed by atoms with Gasteiger partial charge in [-0.2, -0.15) is 0 Å². The van der Waals surface area contributed by atoms with Gasteiger partial charge in [0.2, 0.25) is 0 Å². The van der Waals surface area contributed by atoms with Gasteiger partial charge in [0.1, 0.15) is 11.3 Å². The molecule has 1 heterocycles. The minimum absolute atomic E-state index is 0.0466. The van der Waals surface area contributed by atoms with Crippen LogP contribution in [0.4, 0.5) is 0 Å². The minimum Gasteiger partial charge on any atom is -0.548 e. The number of rotatable bonds is 7. The molecule has 1 aromatic heterocycles. The van der Waals surface area contributed by atoms with Crippen LogP contribution in [-0.4, -0.2) is 24.5 Å². The molecule has 0 fully saturated rings. The average Bonchev–Trinajstić information content (AvgIpc) is 2.71. The predicted octanol–water partition coefficient (Wildman–Crippen LogP) is 1.92. The highest BCUT2D eigenvalue weighted by Crippen LogP contribution is 2.23. The fraction of sp³-hybridized carbons (Fsp3) is 0.227. The highest BCUT2D eigenvalue weighted by Gasteiger charge is 2.15. The molecule has 0 aliphatic rings. The topological polar surface area (TPSA) is 109 Å². The average molecular weight is 429 g/mol. The molecule has 0 saturated carbocycles. The smallest absolute Gasteiger partial charge is 0.339 e. The third kappa shape index (κ3) is 4.99. The van der Waals surface area contributed by atoms with Crippen molar-refractivity contribution in [3.63, 3.8) is 0 Å². The molecule has 3 rings (SSSR count). The Morgan fingerprint density at radius 3 is 2.50 bits per heavy atom. The maximum Gasteiger partial charge on any atom is 0.339 e. The largest absolute Gasteiger partial charge is 0.548 e. The Morgan fingerprint density at radius 1 is 1.13 bits per heavy atom. The number of hydrogen-bond acceptors (Lipinski definition) is 6. The lowest BCUT2D eigenvalue weighted by Gasteiger charge is -2.20. The SMILES string of the molecule is Cc1c(C)c2ccc(OCC(=O)N[C@@H](Cc3ccc(Cl)cc3)C(=O)[O-])cc2oc1=O. The van der Waals surface area contributed by atoms with Crippen LogP contribution in [0.3, 0.4) is 0 Å². The third-order valence-corrected chi connectivity index (χ3v) is 5.02. The van der Waals surface area contributed by atoms with Gasteiger partial charge < -0.3 is 24.4 Å². The van der Waals surface area contributed by atoms with Crippen LogP contribution in [0.1, 0.15) is 16.7 Å². The highest BCUT2D eigenvalue weighted by atomic mass is 35.5. The second-order valence-electron chi connectivity index (χ2n) is 6.86. The summed E-state index contributed by atoms with van der Waals surface area (Å²) in [7, 11) is 0. The van der Waals surface area contributed by atoms with E-state index in [9.17, 15) is 19.5 Å². The molecular formula is C22H19ClNO6-. The highest BCUT2D eigenvalue weighted by molar-refractivity contribution is 6.30. The first-order valence-corrected chi connectivity index (χ1v) is 9.54. The first kappa shape index (κ1) is 21.4. The Hall–Kier alpha value is -3.32. The molecule has 0 aliphatic heterocycles. The van der Waals surface area contributed by atoms with Crippen molar-refractivity contribution in [3.8, 4) is 5.75 Å². The number of carboxylic acids is 1. The van der Waals surface area contributed by atoms with E-state index in [1.165, 1.54) is 6.07 Å². The summed E-state index contributed by atoms with van der Waals surface area (Å²) in [5, 5.41) is 15.1. The van der Waals surface area contributed by atoms with E-state index in [0.29, 0.717) is 27.5 Å². The standard InChI is InChI=1S/C22H20ClNO6/c1-12-13(2)22(28)30-19-10-16(7-8-17(12)19)29-11-20(25)24-18(21(26)27)9-14-3-5-15(23)6-4-14/h3-8,10,18H,9,11H2,1-2H3,(H,24,25)(H,26,27)/p-1/t18-/m0/s1. The van der Waals surface area contributed by atoms with E-state index < -0.39 is 30.2 Å². The van der Waals surface area contributed by atoms with Crippen LogP contribution in [0.5, 0.6) is 5.75 Å². The van der Waals surface area contributed by atoms with Crippen LogP contribution in [0.2, 0.25) is 5.02 Å². The molecule has 1 amide bonds. The van der Waals surface area contributed by atoms with Crippen molar-refractivity contribution in [2.75, 3.05) is 6.61 Å². The van der Waals surface area contributed by atoms with E-state index in [0.717, 1.165) is 10.9 Å². The molecular weight excluding hydrogens is 410 g/mol. The zero-order chi connectivity index (χ0) is 21.8. The molecule has 1 N–H and O–H groups in total. The summed E-state index contributed by atoms with van der Waals surface area (Å²) in [4.78, 5) is 35.4. The number of aliphatic carboxylic acids is 1. The van der Waals surface area contributed by atoms with E-state index in [1.54, 1.807) is 43.3 Å². The van der Waals surface area contributed by atoms with Crippen LogP contribution in [0.15, 0.2) is 51.7 Å². The molecule has 3 aromatic rings. The Labute approximate surface area is 177 Å². The van der Waals surface area contributed by atoms with Crippen molar-refractivity contribution >= 4 is 34.4 Å². The van der Waals surface area contributed by atoms with Gasteiger partial charge in [0.15, 0.2) is 6.61 Å². The maximum atomic E-state index is 12.2. The molecule has 7 nitrogen and oxygen atoms in total. The molecule has 156 valence electrons. The zero-order valence-corrected chi connectivity index (χ0v) is 17.1. The molecule has 0 bridgehead atoms. The first-order chi connectivity index (χ1) is 14.2. The lowest BCUT2D eigenvalue weighted by molar-refractivity contribution is -0.308. The van der Waals surface area contributed by atoms with Crippen LogP contribution in [0.25, 0.3) is 11.0 Å². The van der Waals surface area contributed by atoms with E-state index >= 15 is 0 Å². The fourth-order valence-electron chi connectivity index (χ4n) is 2.95. The second-order valence-corrected chi connectivity index (χ2v) is 7.29. The molecule has 2 aromatic carbocycles. The fourth-order valence-corrected chi connectivity index (χ4v) is 3.08. The summed E-state index contributed by atoms with van der Waals surface area (Å²) in [5.74, 6) is -1.72. The normalized spacial score (nSPS) is 11.8. The van der Waals surface area contributed by atoms with Gasteiger partial charge in [-0.05, 0) is 55.7 Å². The predicted molar refractivity (Wildman–Crippen MR) is 110 cm³/mol. The van der Waals surface area contributed by atoms with Gasteiger partial charge in [0, 0.05) is 22.0 Å². The van der Waals surface area contributed by atoms with E-state index in [-0.39, 0.29) is 6.42 Å². The van der Waals surface area contributed by atoms with Crippen molar-refractivity contribution < 1.29 is 23.8 Å². The Morgan fingerprint density at radius 2 is 1.83 bits per heavy atom. The molecule has 0 radical (unpaired) electrons. The van der Waals surface area contributed by atoms with E-state index in [1.807, 2.05) is 6.92 Å². The van der Waals surface area contributed by atoms with Crippen molar-refractivity contribution in [1.82, 2.24) is 5.32 Å².